The normalized spacial score (nSPS) is 10.3. The Balaban J connectivity index is 1.76. The molecule has 0 bridgehead atoms. The molecule has 0 aromatic heterocycles. The summed E-state index contributed by atoms with van der Waals surface area (Å²) in [5.74, 6) is -0.541. The molecule has 114 valence electrons. The Labute approximate surface area is 129 Å². The van der Waals surface area contributed by atoms with Crippen molar-refractivity contribution in [1.82, 2.24) is 5.32 Å². The first kappa shape index (κ1) is 15.9. The van der Waals surface area contributed by atoms with Crippen molar-refractivity contribution < 1.29 is 14.0 Å². The van der Waals surface area contributed by atoms with Gasteiger partial charge in [-0.2, -0.15) is 0 Å². The minimum absolute atomic E-state index is 0.0445. The molecule has 2 aromatic rings. The minimum Gasteiger partial charge on any atom is -0.352 e. The molecule has 3 nitrogen and oxygen atoms in total. The third-order valence-corrected chi connectivity index (χ3v) is 3.36. The largest absolute Gasteiger partial charge is 0.352 e. The second-order valence-corrected chi connectivity index (χ2v) is 5.19. The smallest absolute Gasteiger partial charge is 0.220 e. The molecule has 0 atom stereocenters. The molecular formula is C18H18FNO2. The third kappa shape index (κ3) is 4.81. The lowest BCUT2D eigenvalue weighted by Crippen LogP contribution is -2.23. The Morgan fingerprint density at radius 3 is 2.23 bits per heavy atom. The van der Waals surface area contributed by atoms with Crippen LogP contribution < -0.4 is 5.32 Å². The van der Waals surface area contributed by atoms with Crippen LogP contribution in [0, 0.1) is 12.7 Å². The van der Waals surface area contributed by atoms with Crippen molar-refractivity contribution in [2.45, 2.75) is 26.3 Å². The highest BCUT2D eigenvalue weighted by atomic mass is 19.1. The number of Topliss-reactive ketones (excluding diaryl/α,β-unsaturated/α-hetero) is 1. The van der Waals surface area contributed by atoms with E-state index in [1.807, 2.05) is 19.1 Å². The van der Waals surface area contributed by atoms with E-state index in [4.69, 9.17) is 0 Å². The van der Waals surface area contributed by atoms with Gasteiger partial charge in [0.25, 0.3) is 0 Å². The number of aryl methyl sites for hydroxylation is 1. The maximum atomic E-state index is 12.8. The SMILES string of the molecule is Cc1ccc(C(=O)CCC(=O)NCc2ccc(F)cc2)cc1. The average molecular weight is 299 g/mol. The van der Waals surface area contributed by atoms with Gasteiger partial charge in [-0.3, -0.25) is 9.59 Å². The van der Waals surface area contributed by atoms with Gasteiger partial charge in [0, 0.05) is 24.9 Å². The summed E-state index contributed by atoms with van der Waals surface area (Å²) in [6, 6.07) is 13.2. The van der Waals surface area contributed by atoms with Crippen LogP contribution in [0.1, 0.15) is 34.3 Å². The number of nitrogens with one attached hydrogen (secondary N) is 1. The van der Waals surface area contributed by atoms with Crippen LogP contribution in [-0.2, 0) is 11.3 Å². The molecule has 1 amide bonds. The van der Waals surface area contributed by atoms with E-state index < -0.39 is 0 Å². The van der Waals surface area contributed by atoms with E-state index in [0.717, 1.165) is 11.1 Å². The van der Waals surface area contributed by atoms with Crippen LogP contribution in [0.2, 0.25) is 0 Å². The monoisotopic (exact) mass is 299 g/mol. The zero-order valence-electron chi connectivity index (χ0n) is 12.4. The van der Waals surface area contributed by atoms with Crippen LogP contribution in [-0.4, -0.2) is 11.7 Å². The van der Waals surface area contributed by atoms with Crippen LogP contribution >= 0.6 is 0 Å². The van der Waals surface area contributed by atoms with E-state index >= 15 is 0 Å². The summed E-state index contributed by atoms with van der Waals surface area (Å²) in [5, 5.41) is 2.72. The summed E-state index contributed by atoms with van der Waals surface area (Å²) in [4.78, 5) is 23.7. The van der Waals surface area contributed by atoms with Crippen molar-refractivity contribution >= 4 is 11.7 Å². The quantitative estimate of drug-likeness (QED) is 0.831. The van der Waals surface area contributed by atoms with Gasteiger partial charge in [-0.1, -0.05) is 42.0 Å². The summed E-state index contributed by atoms with van der Waals surface area (Å²) in [6.07, 6.45) is 0.326. The molecule has 0 aliphatic heterocycles. The van der Waals surface area contributed by atoms with Crippen molar-refractivity contribution in [2.75, 3.05) is 0 Å². The van der Waals surface area contributed by atoms with Crippen LogP contribution in [0.25, 0.3) is 0 Å². The van der Waals surface area contributed by atoms with Crippen molar-refractivity contribution in [3.63, 3.8) is 0 Å². The number of hydrogen-bond donors (Lipinski definition) is 1. The highest BCUT2D eigenvalue weighted by molar-refractivity contribution is 5.97. The number of halogens is 1. The molecule has 22 heavy (non-hydrogen) atoms. The van der Waals surface area contributed by atoms with Crippen LogP contribution in [0.3, 0.4) is 0 Å². The number of benzene rings is 2. The summed E-state index contributed by atoms with van der Waals surface area (Å²) in [6.45, 7) is 2.29. The van der Waals surface area contributed by atoms with Crippen LogP contribution in [0.4, 0.5) is 4.39 Å². The Bertz CT molecular complexity index is 648. The molecule has 0 heterocycles. The second-order valence-electron chi connectivity index (χ2n) is 5.19. The summed E-state index contributed by atoms with van der Waals surface area (Å²) in [5.41, 5.74) is 2.53. The molecule has 1 N–H and O–H groups in total. The fraction of sp³-hybridized carbons (Fsp3) is 0.222. The second kappa shape index (κ2) is 7.50. The van der Waals surface area contributed by atoms with Gasteiger partial charge in [0.05, 0.1) is 0 Å². The maximum absolute atomic E-state index is 12.8. The van der Waals surface area contributed by atoms with E-state index in [2.05, 4.69) is 5.32 Å². The zero-order valence-corrected chi connectivity index (χ0v) is 12.4. The van der Waals surface area contributed by atoms with Crippen LogP contribution in [0.5, 0.6) is 0 Å². The molecule has 4 heteroatoms. The molecule has 0 aliphatic carbocycles. The molecule has 0 saturated heterocycles. The Hall–Kier alpha value is -2.49. The summed E-state index contributed by atoms with van der Waals surface area (Å²) >= 11 is 0. The fourth-order valence-electron chi connectivity index (χ4n) is 2.00. The lowest BCUT2D eigenvalue weighted by atomic mass is 10.0. The number of hydrogen-bond acceptors (Lipinski definition) is 2. The van der Waals surface area contributed by atoms with Crippen molar-refractivity contribution in [1.29, 1.82) is 0 Å². The third-order valence-electron chi connectivity index (χ3n) is 3.36. The maximum Gasteiger partial charge on any atom is 0.220 e. The van der Waals surface area contributed by atoms with E-state index in [0.29, 0.717) is 12.1 Å². The number of carbonyl (C=O) groups excluding carboxylic acids is 2. The van der Waals surface area contributed by atoms with E-state index in [1.165, 1.54) is 12.1 Å². The van der Waals surface area contributed by atoms with E-state index in [-0.39, 0.29) is 30.3 Å². The summed E-state index contributed by atoms with van der Waals surface area (Å²) < 4.78 is 12.8. The topological polar surface area (TPSA) is 46.2 Å². The number of ketones is 1. The highest BCUT2D eigenvalue weighted by Gasteiger charge is 2.09. The van der Waals surface area contributed by atoms with Crippen molar-refractivity contribution in [3.8, 4) is 0 Å². The molecule has 0 saturated carbocycles. The number of rotatable bonds is 6. The molecule has 2 aromatic carbocycles. The summed E-state index contributed by atoms with van der Waals surface area (Å²) in [7, 11) is 0. The predicted molar refractivity (Wildman–Crippen MR) is 83.0 cm³/mol. The Kier molecular flexibility index (Phi) is 5.42. The van der Waals surface area contributed by atoms with Gasteiger partial charge in [0.15, 0.2) is 5.78 Å². The van der Waals surface area contributed by atoms with Gasteiger partial charge in [-0.05, 0) is 24.6 Å². The first-order chi connectivity index (χ1) is 10.5. The molecule has 2 rings (SSSR count). The van der Waals surface area contributed by atoms with E-state index in [1.54, 1.807) is 24.3 Å². The van der Waals surface area contributed by atoms with Gasteiger partial charge in [-0.15, -0.1) is 0 Å². The van der Waals surface area contributed by atoms with Crippen molar-refractivity contribution in [3.05, 3.63) is 71.0 Å². The average Bonchev–Trinajstić information content (AvgIpc) is 2.52. The van der Waals surface area contributed by atoms with Crippen LogP contribution in [0.15, 0.2) is 48.5 Å². The van der Waals surface area contributed by atoms with E-state index in [9.17, 15) is 14.0 Å². The molecule has 0 radical (unpaired) electrons. The zero-order chi connectivity index (χ0) is 15.9. The molecular weight excluding hydrogens is 281 g/mol. The first-order valence-corrected chi connectivity index (χ1v) is 7.15. The minimum atomic E-state index is -0.307. The lowest BCUT2D eigenvalue weighted by Gasteiger charge is -2.05. The van der Waals surface area contributed by atoms with Gasteiger partial charge in [-0.25, -0.2) is 4.39 Å². The lowest BCUT2D eigenvalue weighted by molar-refractivity contribution is -0.121. The highest BCUT2D eigenvalue weighted by Crippen LogP contribution is 2.08. The predicted octanol–water partition coefficient (Wildman–Crippen LogP) is 3.41. The molecule has 0 spiro atoms. The number of amides is 1. The Morgan fingerprint density at radius 2 is 1.59 bits per heavy atom. The first-order valence-electron chi connectivity index (χ1n) is 7.15. The standard InChI is InChI=1S/C18H18FNO2/c1-13-2-6-15(7-3-13)17(21)10-11-18(22)20-12-14-4-8-16(19)9-5-14/h2-9H,10-12H2,1H3,(H,20,22). The van der Waals surface area contributed by atoms with Gasteiger partial charge < -0.3 is 5.32 Å². The van der Waals surface area contributed by atoms with Crippen molar-refractivity contribution in [2.24, 2.45) is 0 Å². The fourth-order valence-corrected chi connectivity index (χ4v) is 2.00. The number of carbonyl (C=O) groups is 2. The molecule has 0 unspecified atom stereocenters. The Morgan fingerprint density at radius 1 is 0.955 bits per heavy atom. The molecule has 0 fully saturated rings. The van der Waals surface area contributed by atoms with Gasteiger partial charge in [0.1, 0.15) is 5.82 Å². The van der Waals surface area contributed by atoms with Gasteiger partial charge >= 0.3 is 0 Å². The van der Waals surface area contributed by atoms with Gasteiger partial charge in [0.2, 0.25) is 5.91 Å². The molecule has 0 aliphatic rings.